The fourth-order valence-corrected chi connectivity index (χ4v) is 3.47. The Bertz CT molecular complexity index is 403. The fraction of sp³-hybridized carbons (Fsp3) is 0.905. The molecular formula is C21H38O4. The average molecular weight is 355 g/mol. The van der Waals surface area contributed by atoms with Crippen LogP contribution < -0.4 is 0 Å². The number of ether oxygens (including phenoxy) is 2. The maximum absolute atomic E-state index is 12.5. The number of carbonyl (C=O) groups is 2. The van der Waals surface area contributed by atoms with Crippen LogP contribution >= 0.6 is 0 Å². The van der Waals surface area contributed by atoms with Crippen molar-refractivity contribution in [2.75, 3.05) is 13.2 Å². The zero-order valence-corrected chi connectivity index (χ0v) is 16.9. The van der Waals surface area contributed by atoms with E-state index in [1.165, 1.54) is 0 Å². The first-order valence-corrected chi connectivity index (χ1v) is 10.1. The molecule has 1 rings (SSSR count). The molecule has 0 aromatic rings. The number of rotatable bonds is 10. The van der Waals surface area contributed by atoms with Crippen LogP contribution in [0.1, 0.15) is 79.6 Å². The van der Waals surface area contributed by atoms with Gasteiger partial charge in [-0.15, -0.1) is 0 Å². The molecule has 1 fully saturated rings. The first-order chi connectivity index (χ1) is 11.8. The van der Waals surface area contributed by atoms with Crippen LogP contribution in [0.15, 0.2) is 0 Å². The van der Waals surface area contributed by atoms with Crippen molar-refractivity contribution in [3.63, 3.8) is 0 Å². The third-order valence-electron chi connectivity index (χ3n) is 5.06. The van der Waals surface area contributed by atoms with Crippen molar-refractivity contribution >= 4 is 11.9 Å². The van der Waals surface area contributed by atoms with Crippen LogP contribution in [0.3, 0.4) is 0 Å². The molecule has 0 spiro atoms. The Hall–Kier alpha value is -1.06. The van der Waals surface area contributed by atoms with Gasteiger partial charge in [0.1, 0.15) is 0 Å². The van der Waals surface area contributed by atoms with Gasteiger partial charge in [0, 0.05) is 0 Å². The zero-order valence-electron chi connectivity index (χ0n) is 16.9. The highest BCUT2D eigenvalue weighted by Gasteiger charge is 2.40. The van der Waals surface area contributed by atoms with E-state index in [0.29, 0.717) is 31.0 Å². The lowest BCUT2D eigenvalue weighted by Crippen LogP contribution is -2.37. The molecule has 1 aliphatic rings. The molecule has 0 aromatic carbocycles. The van der Waals surface area contributed by atoms with Gasteiger partial charge in [-0.25, -0.2) is 0 Å². The Kier molecular flexibility index (Phi) is 10.1. The van der Waals surface area contributed by atoms with Gasteiger partial charge in [0.25, 0.3) is 0 Å². The van der Waals surface area contributed by atoms with E-state index in [0.717, 1.165) is 44.9 Å². The smallest absolute Gasteiger partial charge is 0.309 e. The monoisotopic (exact) mass is 354 g/mol. The third kappa shape index (κ3) is 8.73. The molecule has 0 amide bonds. The summed E-state index contributed by atoms with van der Waals surface area (Å²) < 4.78 is 10.9. The molecular weight excluding hydrogens is 316 g/mol. The molecule has 3 atom stereocenters. The maximum Gasteiger partial charge on any atom is 0.309 e. The summed E-state index contributed by atoms with van der Waals surface area (Å²) in [5.41, 5.74) is 0. The van der Waals surface area contributed by atoms with Crippen molar-refractivity contribution in [1.29, 1.82) is 0 Å². The van der Waals surface area contributed by atoms with Gasteiger partial charge in [0.2, 0.25) is 0 Å². The van der Waals surface area contributed by atoms with Gasteiger partial charge >= 0.3 is 11.9 Å². The summed E-state index contributed by atoms with van der Waals surface area (Å²) in [6.07, 6.45) is 6.31. The van der Waals surface area contributed by atoms with Crippen LogP contribution in [0, 0.1) is 29.6 Å². The molecule has 0 aromatic heterocycles. The van der Waals surface area contributed by atoms with Gasteiger partial charge in [-0.05, 0) is 62.7 Å². The SMILES string of the molecule is CC(C)CCCOC(=O)C1CCC(C)CC1C(=O)OCCCC(C)C. The highest BCUT2D eigenvalue weighted by Crippen LogP contribution is 2.35. The summed E-state index contributed by atoms with van der Waals surface area (Å²) in [5.74, 6) is 0.607. The maximum atomic E-state index is 12.5. The summed E-state index contributed by atoms with van der Waals surface area (Å²) >= 11 is 0. The van der Waals surface area contributed by atoms with E-state index < -0.39 is 0 Å². The molecule has 1 saturated carbocycles. The molecule has 4 nitrogen and oxygen atoms in total. The Morgan fingerprint density at radius 3 is 1.80 bits per heavy atom. The number of carbonyl (C=O) groups excluding carboxylic acids is 2. The van der Waals surface area contributed by atoms with Gasteiger partial charge in [-0.2, -0.15) is 0 Å². The van der Waals surface area contributed by atoms with Crippen LogP contribution in [0.5, 0.6) is 0 Å². The van der Waals surface area contributed by atoms with Crippen molar-refractivity contribution in [2.45, 2.75) is 79.6 Å². The minimum absolute atomic E-state index is 0.209. The summed E-state index contributed by atoms with van der Waals surface area (Å²) in [7, 11) is 0. The molecule has 25 heavy (non-hydrogen) atoms. The second-order valence-electron chi connectivity index (χ2n) is 8.54. The minimum atomic E-state index is -0.333. The summed E-state index contributed by atoms with van der Waals surface area (Å²) in [6, 6.07) is 0. The second-order valence-corrected chi connectivity index (χ2v) is 8.54. The Morgan fingerprint density at radius 1 is 0.840 bits per heavy atom. The Morgan fingerprint density at radius 2 is 1.32 bits per heavy atom. The van der Waals surface area contributed by atoms with Crippen molar-refractivity contribution in [1.82, 2.24) is 0 Å². The molecule has 0 heterocycles. The Balaban J connectivity index is 2.48. The largest absolute Gasteiger partial charge is 0.465 e. The zero-order chi connectivity index (χ0) is 18.8. The first kappa shape index (κ1) is 22.0. The van der Waals surface area contributed by atoms with E-state index >= 15 is 0 Å². The number of esters is 2. The third-order valence-corrected chi connectivity index (χ3v) is 5.06. The lowest BCUT2D eigenvalue weighted by Gasteiger charge is -2.31. The average Bonchev–Trinajstić information content (AvgIpc) is 2.54. The molecule has 0 aliphatic heterocycles. The molecule has 3 unspecified atom stereocenters. The molecule has 1 aliphatic carbocycles. The van der Waals surface area contributed by atoms with Gasteiger partial charge in [0.05, 0.1) is 25.0 Å². The normalized spacial score (nSPS) is 23.7. The van der Waals surface area contributed by atoms with Crippen molar-refractivity contribution < 1.29 is 19.1 Å². The van der Waals surface area contributed by atoms with Gasteiger partial charge in [0.15, 0.2) is 0 Å². The highest BCUT2D eigenvalue weighted by atomic mass is 16.5. The predicted molar refractivity (Wildman–Crippen MR) is 100 cm³/mol. The summed E-state index contributed by atoms with van der Waals surface area (Å²) in [4.78, 5) is 24.9. The Labute approximate surface area is 154 Å². The van der Waals surface area contributed by atoms with Gasteiger partial charge < -0.3 is 9.47 Å². The predicted octanol–water partition coefficient (Wildman–Crippen LogP) is 5.00. The van der Waals surface area contributed by atoms with E-state index in [2.05, 4.69) is 34.6 Å². The van der Waals surface area contributed by atoms with Crippen molar-refractivity contribution in [2.24, 2.45) is 29.6 Å². The van der Waals surface area contributed by atoms with E-state index in [4.69, 9.17) is 9.47 Å². The minimum Gasteiger partial charge on any atom is -0.465 e. The van der Waals surface area contributed by atoms with E-state index in [9.17, 15) is 9.59 Å². The lowest BCUT2D eigenvalue weighted by molar-refractivity contribution is -0.164. The van der Waals surface area contributed by atoms with Crippen LogP contribution in [0.25, 0.3) is 0 Å². The van der Waals surface area contributed by atoms with Crippen LogP contribution in [-0.2, 0) is 19.1 Å². The topological polar surface area (TPSA) is 52.6 Å². The van der Waals surface area contributed by atoms with Gasteiger partial charge in [-0.1, -0.05) is 34.6 Å². The van der Waals surface area contributed by atoms with Crippen LogP contribution in [0.2, 0.25) is 0 Å². The summed E-state index contributed by atoms with van der Waals surface area (Å²) in [6.45, 7) is 11.7. The lowest BCUT2D eigenvalue weighted by atomic mass is 9.74. The molecule has 0 saturated heterocycles. The van der Waals surface area contributed by atoms with Crippen molar-refractivity contribution in [3.8, 4) is 0 Å². The van der Waals surface area contributed by atoms with Crippen LogP contribution in [-0.4, -0.2) is 25.2 Å². The van der Waals surface area contributed by atoms with E-state index in [1.807, 2.05) is 0 Å². The van der Waals surface area contributed by atoms with E-state index in [1.54, 1.807) is 0 Å². The van der Waals surface area contributed by atoms with Crippen molar-refractivity contribution in [3.05, 3.63) is 0 Å². The number of hydrogen-bond donors (Lipinski definition) is 0. The standard InChI is InChI=1S/C21H38O4/c1-15(2)8-6-12-24-20(22)18-11-10-17(5)14-19(18)21(23)25-13-7-9-16(3)4/h15-19H,6-14H2,1-5H3. The first-order valence-electron chi connectivity index (χ1n) is 10.1. The van der Waals surface area contributed by atoms with E-state index in [-0.39, 0.29) is 23.8 Å². The molecule has 4 heteroatoms. The van der Waals surface area contributed by atoms with Gasteiger partial charge in [-0.3, -0.25) is 9.59 Å². The quantitative estimate of drug-likeness (QED) is 0.409. The second kappa shape index (κ2) is 11.5. The molecule has 0 radical (unpaired) electrons. The molecule has 146 valence electrons. The molecule has 0 bridgehead atoms. The van der Waals surface area contributed by atoms with Crippen LogP contribution in [0.4, 0.5) is 0 Å². The number of hydrogen-bond acceptors (Lipinski definition) is 4. The highest BCUT2D eigenvalue weighted by molar-refractivity contribution is 5.82. The molecule has 0 N–H and O–H groups in total. The fourth-order valence-electron chi connectivity index (χ4n) is 3.47. The summed E-state index contributed by atoms with van der Waals surface area (Å²) in [5, 5.41) is 0.